The molecule has 1 aromatic rings. The third kappa shape index (κ3) is 2.66. The van der Waals surface area contributed by atoms with E-state index in [1.807, 2.05) is 13.0 Å². The molecule has 1 aromatic carbocycles. The lowest BCUT2D eigenvalue weighted by molar-refractivity contribution is 0.529. The van der Waals surface area contributed by atoms with Crippen LogP contribution in [0.3, 0.4) is 0 Å². The summed E-state index contributed by atoms with van der Waals surface area (Å²) in [5.41, 5.74) is 7.56. The largest absolute Gasteiger partial charge is 0.371 e. The van der Waals surface area contributed by atoms with Crippen LogP contribution in [0.5, 0.6) is 0 Å². The van der Waals surface area contributed by atoms with E-state index in [4.69, 9.17) is 5.73 Å². The Kier molecular flexibility index (Phi) is 4.23. The predicted molar refractivity (Wildman–Crippen MR) is 74.2 cm³/mol. The van der Waals surface area contributed by atoms with Crippen molar-refractivity contribution in [3.8, 4) is 0 Å². The summed E-state index contributed by atoms with van der Waals surface area (Å²) in [6.07, 6.45) is 3.70. The van der Waals surface area contributed by atoms with Gasteiger partial charge in [-0.15, -0.1) is 0 Å². The lowest BCUT2D eigenvalue weighted by Crippen LogP contribution is -2.23. The molecule has 1 aliphatic rings. The van der Waals surface area contributed by atoms with Gasteiger partial charge in [-0.2, -0.15) is 0 Å². The molecular weight excluding hydrogens is 227 g/mol. The Morgan fingerprint density at radius 3 is 2.94 bits per heavy atom. The molecule has 2 rings (SSSR count). The standard InChI is InChI=1S/C15H23FN2/c1-3-5-12-8-9-18(10-12)14-7-4-6-13(16)15(14)11(2)17/h4,6-7,11-12H,3,5,8-10,17H2,1-2H3. The zero-order valence-electron chi connectivity index (χ0n) is 11.3. The number of rotatable bonds is 4. The minimum absolute atomic E-state index is 0.179. The third-order valence-corrected chi connectivity index (χ3v) is 3.81. The molecule has 1 heterocycles. The highest BCUT2D eigenvalue weighted by atomic mass is 19.1. The molecule has 0 amide bonds. The fraction of sp³-hybridized carbons (Fsp3) is 0.600. The molecular formula is C15H23FN2. The van der Waals surface area contributed by atoms with Gasteiger partial charge in [0.1, 0.15) is 5.82 Å². The summed E-state index contributed by atoms with van der Waals surface area (Å²) in [6.45, 7) is 6.13. The summed E-state index contributed by atoms with van der Waals surface area (Å²) >= 11 is 0. The first-order chi connectivity index (χ1) is 8.63. The fourth-order valence-electron chi connectivity index (χ4n) is 2.95. The summed E-state index contributed by atoms with van der Waals surface area (Å²) in [7, 11) is 0. The van der Waals surface area contributed by atoms with Gasteiger partial charge in [0, 0.05) is 30.4 Å². The topological polar surface area (TPSA) is 29.3 Å². The zero-order chi connectivity index (χ0) is 13.1. The molecule has 0 radical (unpaired) electrons. The first-order valence-corrected chi connectivity index (χ1v) is 6.92. The van der Waals surface area contributed by atoms with Crippen LogP contribution in [0.4, 0.5) is 10.1 Å². The van der Waals surface area contributed by atoms with Crippen LogP contribution in [0.15, 0.2) is 18.2 Å². The number of nitrogens with two attached hydrogens (primary N) is 1. The predicted octanol–water partition coefficient (Wildman–Crippen LogP) is 3.47. The van der Waals surface area contributed by atoms with E-state index in [1.54, 1.807) is 6.07 Å². The first-order valence-electron chi connectivity index (χ1n) is 6.92. The molecule has 0 aromatic heterocycles. The molecule has 2 N–H and O–H groups in total. The molecule has 0 spiro atoms. The average Bonchev–Trinajstić information content (AvgIpc) is 2.77. The van der Waals surface area contributed by atoms with E-state index in [0.29, 0.717) is 5.56 Å². The Morgan fingerprint density at radius 1 is 1.50 bits per heavy atom. The SMILES string of the molecule is CCCC1CCN(c2cccc(F)c2C(C)N)C1. The molecule has 1 saturated heterocycles. The van der Waals surface area contributed by atoms with E-state index in [1.165, 1.54) is 25.3 Å². The van der Waals surface area contributed by atoms with Crippen LogP contribution in [-0.4, -0.2) is 13.1 Å². The summed E-state index contributed by atoms with van der Waals surface area (Å²) in [5.74, 6) is 0.570. The van der Waals surface area contributed by atoms with Crippen molar-refractivity contribution in [1.82, 2.24) is 0 Å². The van der Waals surface area contributed by atoms with Gasteiger partial charge < -0.3 is 10.6 Å². The van der Waals surface area contributed by atoms with Crippen LogP contribution in [0.25, 0.3) is 0 Å². The maximum Gasteiger partial charge on any atom is 0.130 e. The Bertz CT molecular complexity index is 403. The van der Waals surface area contributed by atoms with E-state index < -0.39 is 0 Å². The molecule has 0 bridgehead atoms. The average molecular weight is 250 g/mol. The van der Waals surface area contributed by atoms with Gasteiger partial charge in [-0.25, -0.2) is 4.39 Å². The zero-order valence-corrected chi connectivity index (χ0v) is 11.3. The monoisotopic (exact) mass is 250 g/mol. The minimum Gasteiger partial charge on any atom is -0.371 e. The van der Waals surface area contributed by atoms with Gasteiger partial charge in [-0.05, 0) is 37.8 Å². The highest BCUT2D eigenvalue weighted by molar-refractivity contribution is 5.56. The van der Waals surface area contributed by atoms with Crippen LogP contribution in [0, 0.1) is 11.7 Å². The second kappa shape index (κ2) is 5.70. The number of halogens is 1. The van der Waals surface area contributed by atoms with E-state index in [0.717, 1.165) is 24.7 Å². The highest BCUT2D eigenvalue weighted by Crippen LogP contribution is 2.32. The normalized spacial score (nSPS) is 21.3. The van der Waals surface area contributed by atoms with E-state index >= 15 is 0 Å². The highest BCUT2D eigenvalue weighted by Gasteiger charge is 2.25. The number of benzene rings is 1. The van der Waals surface area contributed by atoms with Crippen molar-refractivity contribution in [3.63, 3.8) is 0 Å². The van der Waals surface area contributed by atoms with Gasteiger partial charge in [0.25, 0.3) is 0 Å². The van der Waals surface area contributed by atoms with Crippen molar-refractivity contribution in [2.75, 3.05) is 18.0 Å². The van der Waals surface area contributed by atoms with E-state index in [9.17, 15) is 4.39 Å². The van der Waals surface area contributed by atoms with Crippen molar-refractivity contribution in [2.24, 2.45) is 11.7 Å². The van der Waals surface area contributed by atoms with Crippen molar-refractivity contribution in [1.29, 1.82) is 0 Å². The van der Waals surface area contributed by atoms with E-state index in [-0.39, 0.29) is 11.9 Å². The molecule has 2 atom stereocenters. The summed E-state index contributed by atoms with van der Waals surface area (Å²) < 4.78 is 13.9. The lowest BCUT2D eigenvalue weighted by atomic mass is 10.0. The molecule has 2 unspecified atom stereocenters. The molecule has 1 fully saturated rings. The Balaban J connectivity index is 2.21. The van der Waals surface area contributed by atoms with Crippen LogP contribution in [0.1, 0.15) is 44.7 Å². The number of anilines is 1. The smallest absolute Gasteiger partial charge is 0.130 e. The summed E-state index contributed by atoms with van der Waals surface area (Å²) in [5, 5.41) is 0. The fourth-order valence-corrected chi connectivity index (χ4v) is 2.95. The van der Waals surface area contributed by atoms with E-state index in [2.05, 4.69) is 11.8 Å². The van der Waals surface area contributed by atoms with Crippen molar-refractivity contribution in [3.05, 3.63) is 29.6 Å². The molecule has 0 saturated carbocycles. The van der Waals surface area contributed by atoms with Gasteiger partial charge in [0.15, 0.2) is 0 Å². The number of hydrogen-bond donors (Lipinski definition) is 1. The van der Waals surface area contributed by atoms with Gasteiger partial charge in [0.2, 0.25) is 0 Å². The van der Waals surface area contributed by atoms with Gasteiger partial charge >= 0.3 is 0 Å². The summed E-state index contributed by atoms with van der Waals surface area (Å²) in [6, 6.07) is 5.02. The maximum atomic E-state index is 13.9. The molecule has 18 heavy (non-hydrogen) atoms. The number of nitrogens with zero attached hydrogens (tertiary/aromatic N) is 1. The number of hydrogen-bond acceptors (Lipinski definition) is 2. The van der Waals surface area contributed by atoms with Gasteiger partial charge in [0.05, 0.1) is 0 Å². The van der Waals surface area contributed by atoms with Crippen LogP contribution in [-0.2, 0) is 0 Å². The van der Waals surface area contributed by atoms with Crippen molar-refractivity contribution >= 4 is 5.69 Å². The van der Waals surface area contributed by atoms with Crippen LogP contribution in [0.2, 0.25) is 0 Å². The molecule has 0 aliphatic carbocycles. The van der Waals surface area contributed by atoms with Gasteiger partial charge in [-0.3, -0.25) is 0 Å². The lowest BCUT2D eigenvalue weighted by Gasteiger charge is -2.24. The second-order valence-corrected chi connectivity index (χ2v) is 5.35. The molecule has 1 aliphatic heterocycles. The second-order valence-electron chi connectivity index (χ2n) is 5.35. The quantitative estimate of drug-likeness (QED) is 0.886. The Morgan fingerprint density at radius 2 is 2.28 bits per heavy atom. The van der Waals surface area contributed by atoms with Crippen molar-refractivity contribution < 1.29 is 4.39 Å². The van der Waals surface area contributed by atoms with Crippen LogP contribution >= 0.6 is 0 Å². The Labute approximate surface area is 109 Å². The van der Waals surface area contributed by atoms with Crippen molar-refractivity contribution in [2.45, 2.75) is 39.2 Å². The molecule has 2 nitrogen and oxygen atoms in total. The third-order valence-electron chi connectivity index (χ3n) is 3.81. The van der Waals surface area contributed by atoms with Gasteiger partial charge in [-0.1, -0.05) is 19.4 Å². The maximum absolute atomic E-state index is 13.9. The molecule has 100 valence electrons. The van der Waals surface area contributed by atoms with Crippen LogP contribution < -0.4 is 10.6 Å². The molecule has 3 heteroatoms. The summed E-state index contributed by atoms with van der Waals surface area (Å²) in [4.78, 5) is 2.29. The first kappa shape index (κ1) is 13.3. The Hall–Kier alpha value is -1.09. The minimum atomic E-state index is -0.258.